The van der Waals surface area contributed by atoms with Gasteiger partial charge in [-0.2, -0.15) is 0 Å². The molecule has 12 heteroatoms. The van der Waals surface area contributed by atoms with Crippen LogP contribution in [-0.2, 0) is 31.0 Å². The molecule has 13 rings (SSSR count). The van der Waals surface area contributed by atoms with Crippen LogP contribution in [0.4, 0.5) is 0 Å². The Morgan fingerprint density at radius 3 is 0.870 bits per heavy atom. The summed E-state index contributed by atoms with van der Waals surface area (Å²) in [5.41, 5.74) is 18.4. The van der Waals surface area contributed by atoms with Crippen LogP contribution in [0.5, 0.6) is 0 Å². The van der Waals surface area contributed by atoms with Gasteiger partial charge in [0.1, 0.15) is 0 Å². The first kappa shape index (κ1) is 72.5. The van der Waals surface area contributed by atoms with E-state index < -0.39 is 0 Å². The summed E-state index contributed by atoms with van der Waals surface area (Å²) in [4.78, 5) is 28.7. The number of hydrogen-bond acceptors (Lipinski definition) is 8. The van der Waals surface area contributed by atoms with Gasteiger partial charge in [-0.1, -0.05) is 322 Å². The van der Waals surface area contributed by atoms with E-state index in [0.717, 1.165) is 54.4 Å². The molecule has 100 heavy (non-hydrogen) atoms. The van der Waals surface area contributed by atoms with E-state index in [4.69, 9.17) is 47.5 Å². The third kappa shape index (κ3) is 17.7. The standard InChI is InChI=1S/C41H38ClN3.C26H37BO2.C21H13BrClN3/c1-40(2,3)34-22-32(23-35(26-34)41(4,5)6)30-19-13-18-29(20-30)31-21-33(25-36(42)24-31)39-44-37(27-14-9-7-10-15-27)43-38(45-39)28-16-11-8-12-17-28;1-23(2,3)20-14-19(15-21(17-20)24(4,5)6)18-12-11-13-22(16-18)27-28-25(7,8)26(9,10)29-27;22-17-11-16(12-18(23)13-17)21-25-19(14-7-3-1-4-8-14)24-20(26-21)15-9-5-2-6-10-15/h7-26H,1-6H3;11-17H,1-10H3;1-13H. The first-order chi connectivity index (χ1) is 47.2. The molecule has 506 valence electrons. The number of benzene rings is 10. The van der Waals surface area contributed by atoms with Crippen molar-refractivity contribution in [3.8, 4) is 102 Å². The number of rotatable bonds is 10. The van der Waals surface area contributed by atoms with Gasteiger partial charge in [-0.3, -0.25) is 0 Å². The number of nitrogens with zero attached hydrogens (tertiary/aromatic N) is 6. The second kappa shape index (κ2) is 29.5. The molecule has 1 saturated heterocycles. The van der Waals surface area contributed by atoms with Gasteiger partial charge < -0.3 is 9.31 Å². The summed E-state index contributed by atoms with van der Waals surface area (Å²) in [7, 11) is -0.340. The van der Waals surface area contributed by atoms with Crippen LogP contribution < -0.4 is 5.46 Å². The predicted octanol–water partition coefficient (Wildman–Crippen LogP) is 24.0. The van der Waals surface area contributed by atoms with E-state index in [9.17, 15) is 0 Å². The molecule has 1 fully saturated rings. The number of hydrogen-bond donors (Lipinski definition) is 0. The lowest BCUT2D eigenvalue weighted by Crippen LogP contribution is -2.41. The van der Waals surface area contributed by atoms with Gasteiger partial charge in [-0.25, -0.2) is 29.9 Å². The van der Waals surface area contributed by atoms with Crippen molar-refractivity contribution in [2.24, 2.45) is 0 Å². The number of aromatic nitrogens is 6. The third-order valence-corrected chi connectivity index (χ3v) is 19.2. The molecule has 0 spiro atoms. The largest absolute Gasteiger partial charge is 0.494 e. The smallest absolute Gasteiger partial charge is 0.399 e. The van der Waals surface area contributed by atoms with E-state index in [1.165, 1.54) is 44.5 Å². The molecule has 0 saturated carbocycles. The highest BCUT2D eigenvalue weighted by molar-refractivity contribution is 9.10. The summed E-state index contributed by atoms with van der Waals surface area (Å²) < 4.78 is 13.4. The van der Waals surface area contributed by atoms with Gasteiger partial charge >= 0.3 is 7.12 Å². The SMILES string of the molecule is CC(C)(C)c1cc(-c2cccc(-c3cc(Cl)cc(-c4nc(-c5ccccc5)nc(-c5ccccc5)n4)c3)c2)cc(C(C)(C)C)c1.CC(C)(C)c1cc(-c2cccc(B3OC(C)(C)C(C)(C)O3)c2)cc(C(C)(C)C)c1.Clc1cc(Br)cc(-c2nc(-c3ccccc3)nc(-c3ccccc3)n2)c1. The third-order valence-electron chi connectivity index (χ3n) is 18.3. The predicted molar refractivity (Wildman–Crippen MR) is 423 cm³/mol. The monoisotopic (exact) mass is 1420 g/mol. The van der Waals surface area contributed by atoms with Crippen molar-refractivity contribution < 1.29 is 9.31 Å². The van der Waals surface area contributed by atoms with Crippen molar-refractivity contribution >= 4 is 51.7 Å². The van der Waals surface area contributed by atoms with Crippen molar-refractivity contribution in [2.75, 3.05) is 0 Å². The fourth-order valence-electron chi connectivity index (χ4n) is 11.5. The average molecular weight is 1420 g/mol. The van der Waals surface area contributed by atoms with Gasteiger partial charge in [0.25, 0.3) is 0 Å². The molecule has 10 aromatic carbocycles. The minimum absolute atomic E-state index is 0.0389. The van der Waals surface area contributed by atoms with Gasteiger partial charge in [0.2, 0.25) is 0 Å². The van der Waals surface area contributed by atoms with Crippen molar-refractivity contribution in [3.05, 3.63) is 279 Å². The molecule has 0 bridgehead atoms. The van der Waals surface area contributed by atoms with E-state index in [1.807, 2.05) is 152 Å². The summed E-state index contributed by atoms with van der Waals surface area (Å²) in [6.07, 6.45) is 0. The second-order valence-electron chi connectivity index (χ2n) is 30.9. The van der Waals surface area contributed by atoms with Crippen LogP contribution in [0.3, 0.4) is 0 Å². The first-order valence-electron chi connectivity index (χ1n) is 34.1. The van der Waals surface area contributed by atoms with Crippen molar-refractivity contribution in [1.29, 1.82) is 0 Å². The van der Waals surface area contributed by atoms with Gasteiger partial charge in [0, 0.05) is 47.9 Å². The highest BCUT2D eigenvalue weighted by atomic mass is 79.9. The minimum Gasteiger partial charge on any atom is -0.399 e. The second-order valence-corrected chi connectivity index (χ2v) is 32.6. The van der Waals surface area contributed by atoms with E-state index in [0.29, 0.717) is 45.0 Å². The van der Waals surface area contributed by atoms with E-state index in [1.54, 1.807) is 0 Å². The summed E-state index contributed by atoms with van der Waals surface area (Å²) in [6.45, 7) is 35.7. The molecule has 12 aromatic rings. The van der Waals surface area contributed by atoms with E-state index in [-0.39, 0.29) is 40.0 Å². The topological polar surface area (TPSA) is 95.8 Å². The van der Waals surface area contributed by atoms with Crippen LogP contribution >= 0.6 is 39.1 Å². The Morgan fingerprint density at radius 1 is 0.280 bits per heavy atom. The summed E-state index contributed by atoms with van der Waals surface area (Å²) in [5, 5.41) is 1.25. The zero-order chi connectivity index (χ0) is 71.5. The molecular weight excluding hydrogens is 1330 g/mol. The molecule has 1 aliphatic rings. The summed E-state index contributed by atoms with van der Waals surface area (Å²) in [5.74, 6) is 3.67. The Bertz CT molecular complexity index is 4650. The van der Waals surface area contributed by atoms with Gasteiger partial charge in [-0.15, -0.1) is 0 Å². The Hall–Kier alpha value is -8.74. The Kier molecular flexibility index (Phi) is 21.4. The molecule has 0 amide bonds. The van der Waals surface area contributed by atoms with Gasteiger partial charge in [0.15, 0.2) is 34.9 Å². The van der Waals surface area contributed by atoms with Crippen LogP contribution in [0.2, 0.25) is 10.0 Å². The van der Waals surface area contributed by atoms with Gasteiger partial charge in [-0.05, 0) is 153 Å². The molecule has 2 aromatic heterocycles. The zero-order valence-corrected chi connectivity index (χ0v) is 63.4. The molecule has 0 aliphatic carbocycles. The number of halogens is 3. The quantitative estimate of drug-likeness (QED) is 0.125. The Balaban J connectivity index is 0.000000159. The van der Waals surface area contributed by atoms with Crippen LogP contribution in [0.1, 0.15) is 133 Å². The molecule has 0 atom stereocenters. The Labute approximate surface area is 611 Å². The lowest BCUT2D eigenvalue weighted by Gasteiger charge is -2.32. The molecule has 1 aliphatic heterocycles. The minimum atomic E-state index is -0.340. The van der Waals surface area contributed by atoms with Gasteiger partial charge in [0.05, 0.1) is 11.2 Å². The highest BCUT2D eigenvalue weighted by Gasteiger charge is 2.51. The average Bonchev–Trinajstić information content (AvgIpc) is 1.51. The van der Waals surface area contributed by atoms with Crippen molar-refractivity contribution in [1.82, 2.24) is 29.9 Å². The molecule has 8 nitrogen and oxygen atoms in total. The summed E-state index contributed by atoms with van der Waals surface area (Å²) in [6, 6.07) is 82.8. The fraction of sp³-hybridized carbons (Fsp3) is 0.250. The molecule has 0 radical (unpaired) electrons. The molecule has 3 heterocycles. The molecule has 0 unspecified atom stereocenters. The van der Waals surface area contributed by atoms with Crippen LogP contribution in [0, 0.1) is 0 Å². The Morgan fingerprint density at radius 2 is 0.540 bits per heavy atom. The lowest BCUT2D eigenvalue weighted by atomic mass is 9.76. The molecule has 0 N–H and O–H groups in total. The first-order valence-corrected chi connectivity index (χ1v) is 35.7. The highest BCUT2D eigenvalue weighted by Crippen LogP contribution is 2.41. The lowest BCUT2D eigenvalue weighted by molar-refractivity contribution is 0.00578. The fourth-order valence-corrected chi connectivity index (χ4v) is 12.6. The molecular formula is C88H88BBrCl2N6O2. The van der Waals surface area contributed by atoms with E-state index >= 15 is 0 Å². The zero-order valence-electron chi connectivity index (χ0n) is 60.3. The normalized spacial score (nSPS) is 13.6. The van der Waals surface area contributed by atoms with E-state index in [2.05, 4.69) is 233 Å². The van der Waals surface area contributed by atoms with Crippen LogP contribution in [-0.4, -0.2) is 48.2 Å². The van der Waals surface area contributed by atoms with Crippen molar-refractivity contribution in [3.63, 3.8) is 0 Å². The summed E-state index contributed by atoms with van der Waals surface area (Å²) >= 11 is 16.5. The van der Waals surface area contributed by atoms with Crippen LogP contribution in [0.25, 0.3) is 102 Å². The maximum Gasteiger partial charge on any atom is 0.494 e. The maximum atomic E-state index is 6.79. The maximum absolute atomic E-state index is 6.79. The van der Waals surface area contributed by atoms with Crippen LogP contribution in [0.15, 0.2) is 247 Å². The van der Waals surface area contributed by atoms with Crippen molar-refractivity contribution in [2.45, 2.75) is 144 Å².